The van der Waals surface area contributed by atoms with Gasteiger partial charge in [-0.3, -0.25) is 4.72 Å². The zero-order chi connectivity index (χ0) is 13.9. The van der Waals surface area contributed by atoms with E-state index in [0.29, 0.717) is 0 Å². The molecule has 0 spiro atoms. The molecule has 1 unspecified atom stereocenters. The van der Waals surface area contributed by atoms with Crippen molar-refractivity contribution >= 4 is 10.2 Å². The molecule has 2 rings (SSSR count). The molecule has 0 aromatic carbocycles. The lowest BCUT2D eigenvalue weighted by Crippen LogP contribution is -2.32. The van der Waals surface area contributed by atoms with Gasteiger partial charge < -0.3 is 5.11 Å². The Bertz CT molecular complexity index is 363. The van der Waals surface area contributed by atoms with Crippen molar-refractivity contribution in [3.63, 3.8) is 0 Å². The Labute approximate surface area is 119 Å². The van der Waals surface area contributed by atoms with Crippen LogP contribution in [0.1, 0.15) is 52.9 Å². The highest BCUT2D eigenvalue weighted by Crippen LogP contribution is 2.55. The number of hydrogen-bond donors (Lipinski definition) is 2. The van der Waals surface area contributed by atoms with Crippen LogP contribution in [0.3, 0.4) is 0 Å². The molecule has 19 heavy (non-hydrogen) atoms. The number of allylic oxidation sites excluding steroid dienone is 2. The third kappa shape index (κ3) is 4.11. The maximum absolute atomic E-state index is 10.2. The second-order valence-electron chi connectivity index (χ2n) is 6.56. The molecule has 1 atom stereocenters. The van der Waals surface area contributed by atoms with Crippen LogP contribution in [0.2, 0.25) is 0 Å². The summed E-state index contributed by atoms with van der Waals surface area (Å²) in [5.41, 5.74) is 0.917. The van der Waals surface area contributed by atoms with Crippen LogP contribution < -0.4 is 4.72 Å². The molecule has 1 aliphatic heterocycles. The van der Waals surface area contributed by atoms with Crippen molar-refractivity contribution in [2.75, 3.05) is 12.3 Å². The van der Waals surface area contributed by atoms with Crippen LogP contribution in [0.15, 0.2) is 22.5 Å². The van der Waals surface area contributed by atoms with Crippen molar-refractivity contribution in [2.45, 2.75) is 58.5 Å². The molecule has 110 valence electrons. The van der Waals surface area contributed by atoms with E-state index in [4.69, 9.17) is 0 Å². The molecule has 0 saturated heterocycles. The highest BCUT2D eigenvalue weighted by Gasteiger charge is 2.31. The van der Waals surface area contributed by atoms with Crippen LogP contribution >= 0.6 is 10.2 Å². The van der Waals surface area contributed by atoms with Crippen LogP contribution in [-0.4, -0.2) is 23.0 Å². The second kappa shape index (κ2) is 6.02. The van der Waals surface area contributed by atoms with Gasteiger partial charge >= 0.3 is 0 Å². The van der Waals surface area contributed by atoms with E-state index in [1.165, 1.54) is 37.7 Å². The summed E-state index contributed by atoms with van der Waals surface area (Å²) in [4.78, 5) is 0. The van der Waals surface area contributed by atoms with E-state index in [0.717, 1.165) is 18.2 Å². The molecule has 1 fully saturated rings. The van der Waals surface area contributed by atoms with Gasteiger partial charge in [-0.2, -0.15) is 0 Å². The zero-order valence-corrected chi connectivity index (χ0v) is 13.4. The summed E-state index contributed by atoms with van der Waals surface area (Å²) in [5.74, 6) is 1.58. The third-order valence-corrected chi connectivity index (χ3v) is 7.26. The molecule has 0 aromatic heterocycles. The molecule has 2 nitrogen and oxygen atoms in total. The molecule has 0 aromatic rings. The van der Waals surface area contributed by atoms with Gasteiger partial charge in [-0.15, -0.1) is 10.2 Å². The quantitative estimate of drug-likeness (QED) is 0.797. The summed E-state index contributed by atoms with van der Waals surface area (Å²) in [6.45, 7) is 6.95. The first-order valence-electron chi connectivity index (χ1n) is 7.62. The summed E-state index contributed by atoms with van der Waals surface area (Å²) < 4.78 is 3.64. The van der Waals surface area contributed by atoms with Gasteiger partial charge in [-0.25, -0.2) is 0 Å². The van der Waals surface area contributed by atoms with Crippen molar-refractivity contribution in [1.29, 1.82) is 0 Å². The molecule has 2 aliphatic rings. The third-order valence-electron chi connectivity index (χ3n) is 3.93. The second-order valence-corrected chi connectivity index (χ2v) is 9.34. The van der Waals surface area contributed by atoms with Crippen LogP contribution in [0.25, 0.3) is 0 Å². The van der Waals surface area contributed by atoms with Gasteiger partial charge in [0.15, 0.2) is 0 Å². The minimum atomic E-state index is -1.11. The maximum Gasteiger partial charge on any atom is 0.0684 e. The highest BCUT2D eigenvalue weighted by atomic mass is 32.3. The SMILES string of the molecule is CCNS1(CC(C)(C)O)C=CC(C2CCCCC2)=C1. The maximum atomic E-state index is 10.2. The topological polar surface area (TPSA) is 32.3 Å². The van der Waals surface area contributed by atoms with E-state index in [1.54, 1.807) is 0 Å². The van der Waals surface area contributed by atoms with Crippen molar-refractivity contribution < 1.29 is 5.11 Å². The van der Waals surface area contributed by atoms with Crippen molar-refractivity contribution in [2.24, 2.45) is 5.92 Å². The number of nitrogens with one attached hydrogen (secondary N) is 1. The Morgan fingerprint density at radius 1 is 1.32 bits per heavy atom. The van der Waals surface area contributed by atoms with Crippen LogP contribution in [-0.2, 0) is 0 Å². The van der Waals surface area contributed by atoms with E-state index < -0.39 is 15.8 Å². The molecule has 1 aliphatic carbocycles. The van der Waals surface area contributed by atoms with Gasteiger partial charge in [-0.05, 0) is 49.0 Å². The smallest absolute Gasteiger partial charge is 0.0684 e. The van der Waals surface area contributed by atoms with Gasteiger partial charge in [0.25, 0.3) is 0 Å². The fourth-order valence-corrected chi connectivity index (χ4v) is 6.68. The lowest BCUT2D eigenvalue weighted by Gasteiger charge is -2.37. The molecular weight excluding hydrogens is 254 g/mol. The van der Waals surface area contributed by atoms with Gasteiger partial charge in [0.05, 0.1) is 5.60 Å². The molecule has 3 heteroatoms. The first-order chi connectivity index (χ1) is 8.94. The first kappa shape index (κ1) is 15.1. The minimum Gasteiger partial charge on any atom is -0.390 e. The van der Waals surface area contributed by atoms with E-state index in [9.17, 15) is 5.11 Å². The minimum absolute atomic E-state index is 0.611. The lowest BCUT2D eigenvalue weighted by atomic mass is 9.84. The predicted octanol–water partition coefficient (Wildman–Crippen LogP) is 4.08. The van der Waals surface area contributed by atoms with E-state index in [-0.39, 0.29) is 0 Å². The molecule has 0 amide bonds. The van der Waals surface area contributed by atoms with Gasteiger partial charge in [0.1, 0.15) is 0 Å². The van der Waals surface area contributed by atoms with Crippen LogP contribution in [0.5, 0.6) is 0 Å². The number of hydrogen-bond acceptors (Lipinski definition) is 2. The van der Waals surface area contributed by atoms with Crippen LogP contribution in [0, 0.1) is 5.92 Å². The monoisotopic (exact) mass is 283 g/mol. The Kier molecular flexibility index (Phi) is 4.80. The first-order valence-corrected chi connectivity index (χ1v) is 9.55. The van der Waals surface area contributed by atoms with Gasteiger partial charge in [0.2, 0.25) is 0 Å². The number of aliphatic hydroxyl groups is 1. The molecular formula is C16H29NOS. The zero-order valence-electron chi connectivity index (χ0n) is 12.6. The molecule has 1 heterocycles. The standard InChI is InChI=1S/C16H29NOS/c1-4-17-19(13-16(2,3)18)11-10-15(12-19)14-8-6-5-7-9-14/h10-12,14,17-18H,4-9,13H2,1-3H3. The average Bonchev–Trinajstić information content (AvgIpc) is 2.72. The van der Waals surface area contributed by atoms with Crippen molar-refractivity contribution in [3.05, 3.63) is 22.5 Å². The van der Waals surface area contributed by atoms with E-state index in [1.807, 2.05) is 13.8 Å². The summed E-state index contributed by atoms with van der Waals surface area (Å²) >= 11 is 0. The highest BCUT2D eigenvalue weighted by molar-refractivity contribution is 8.37. The molecule has 0 bridgehead atoms. The van der Waals surface area contributed by atoms with Crippen molar-refractivity contribution in [3.8, 4) is 0 Å². The van der Waals surface area contributed by atoms with E-state index >= 15 is 0 Å². The van der Waals surface area contributed by atoms with Gasteiger partial charge in [-0.1, -0.05) is 32.3 Å². The summed E-state index contributed by atoms with van der Waals surface area (Å²) in [6.07, 6.45) is 9.19. The Hall–Kier alpha value is -0.250. The number of rotatable bonds is 5. The Morgan fingerprint density at radius 2 is 2.00 bits per heavy atom. The summed E-state index contributed by atoms with van der Waals surface area (Å²) in [6, 6.07) is 0. The fraction of sp³-hybridized carbons (Fsp3) is 0.750. The largest absolute Gasteiger partial charge is 0.390 e. The molecule has 2 N–H and O–H groups in total. The summed E-state index contributed by atoms with van der Waals surface area (Å²) in [7, 11) is -1.11. The average molecular weight is 283 g/mol. The Morgan fingerprint density at radius 3 is 2.58 bits per heavy atom. The normalized spacial score (nSPS) is 32.1. The molecule has 1 saturated carbocycles. The van der Waals surface area contributed by atoms with Gasteiger partial charge in [0, 0.05) is 12.3 Å². The predicted molar refractivity (Wildman–Crippen MR) is 86.2 cm³/mol. The molecule has 0 radical (unpaired) electrons. The van der Waals surface area contributed by atoms with E-state index in [2.05, 4.69) is 28.5 Å². The van der Waals surface area contributed by atoms with Crippen molar-refractivity contribution in [1.82, 2.24) is 4.72 Å². The fourth-order valence-electron chi connectivity index (χ4n) is 3.27. The summed E-state index contributed by atoms with van der Waals surface area (Å²) in [5, 5.41) is 15.0. The van der Waals surface area contributed by atoms with Crippen LogP contribution in [0.4, 0.5) is 0 Å². The lowest BCUT2D eigenvalue weighted by molar-refractivity contribution is 0.106. The Balaban J connectivity index is 2.13.